The Hall–Kier alpha value is -3.62. The van der Waals surface area contributed by atoms with Crippen molar-refractivity contribution in [2.75, 3.05) is 19.9 Å². The number of nitrogens with zero attached hydrogens (tertiary/aromatic N) is 4. The number of aromatic amines is 1. The Morgan fingerprint density at radius 3 is 3.03 bits per heavy atom. The highest BCUT2D eigenvalue weighted by Crippen LogP contribution is 2.35. The number of benzene rings is 1. The number of aromatic nitrogens is 4. The molecule has 9 heteroatoms. The second-order valence-electron chi connectivity index (χ2n) is 7.31. The monoisotopic (exact) mass is 407 g/mol. The van der Waals surface area contributed by atoms with Gasteiger partial charge in [-0.25, -0.2) is 4.98 Å². The molecule has 9 nitrogen and oxygen atoms in total. The molecule has 0 saturated carbocycles. The smallest absolute Gasteiger partial charge is 0.272 e. The van der Waals surface area contributed by atoms with E-state index in [1.807, 2.05) is 25.1 Å². The lowest BCUT2D eigenvalue weighted by Gasteiger charge is -2.32. The molecule has 1 N–H and O–H groups in total. The van der Waals surface area contributed by atoms with Crippen LogP contribution in [0.2, 0.25) is 0 Å². The second-order valence-corrected chi connectivity index (χ2v) is 7.31. The van der Waals surface area contributed by atoms with Gasteiger partial charge >= 0.3 is 0 Å². The molecule has 3 aromatic rings. The van der Waals surface area contributed by atoms with Gasteiger partial charge in [-0.1, -0.05) is 0 Å². The summed E-state index contributed by atoms with van der Waals surface area (Å²) >= 11 is 0. The first kappa shape index (κ1) is 18.4. The number of rotatable bonds is 4. The summed E-state index contributed by atoms with van der Waals surface area (Å²) in [4.78, 5) is 23.2. The van der Waals surface area contributed by atoms with Crippen molar-refractivity contribution < 1.29 is 19.0 Å². The average molecular weight is 407 g/mol. The maximum Gasteiger partial charge on any atom is 0.272 e. The van der Waals surface area contributed by atoms with Gasteiger partial charge in [0.05, 0.1) is 12.2 Å². The van der Waals surface area contributed by atoms with Crippen LogP contribution in [0.3, 0.4) is 0 Å². The van der Waals surface area contributed by atoms with Gasteiger partial charge in [-0.05, 0) is 44.0 Å². The molecule has 2 aliphatic heterocycles. The van der Waals surface area contributed by atoms with Crippen molar-refractivity contribution in [3.63, 3.8) is 0 Å². The number of nitrogens with one attached hydrogen (secondary N) is 1. The van der Waals surface area contributed by atoms with E-state index < -0.39 is 0 Å². The van der Waals surface area contributed by atoms with Crippen molar-refractivity contribution in [1.82, 2.24) is 25.1 Å². The van der Waals surface area contributed by atoms with Crippen LogP contribution in [-0.2, 0) is 0 Å². The third kappa shape index (κ3) is 3.66. The van der Waals surface area contributed by atoms with Crippen molar-refractivity contribution in [1.29, 1.82) is 0 Å². The van der Waals surface area contributed by atoms with Gasteiger partial charge in [0.25, 0.3) is 5.91 Å². The Morgan fingerprint density at radius 2 is 2.13 bits per heavy atom. The zero-order chi connectivity index (χ0) is 20.5. The van der Waals surface area contributed by atoms with E-state index in [1.165, 1.54) is 0 Å². The van der Waals surface area contributed by atoms with Gasteiger partial charge in [0, 0.05) is 24.4 Å². The fourth-order valence-electron chi connectivity index (χ4n) is 3.70. The summed E-state index contributed by atoms with van der Waals surface area (Å²) in [6, 6.07) is 9.10. The number of likely N-dealkylation sites (tertiary alicyclic amines) is 1. The van der Waals surface area contributed by atoms with Crippen LogP contribution in [0, 0.1) is 6.92 Å². The number of ether oxygens (including phenoxy) is 3. The number of hydrogen-bond donors (Lipinski definition) is 1. The quantitative estimate of drug-likeness (QED) is 0.709. The Balaban J connectivity index is 1.28. The molecule has 1 saturated heterocycles. The molecule has 2 aliphatic rings. The average Bonchev–Trinajstić information content (AvgIpc) is 3.42. The Labute approximate surface area is 173 Å². The molecule has 0 radical (unpaired) electrons. The van der Waals surface area contributed by atoms with Crippen molar-refractivity contribution in [3.8, 4) is 28.6 Å². The second kappa shape index (κ2) is 7.66. The van der Waals surface area contributed by atoms with Gasteiger partial charge in [0.1, 0.15) is 17.6 Å². The van der Waals surface area contributed by atoms with Gasteiger partial charge in [-0.15, -0.1) is 0 Å². The van der Waals surface area contributed by atoms with Crippen LogP contribution in [0.1, 0.15) is 29.2 Å². The molecule has 0 spiro atoms. The van der Waals surface area contributed by atoms with E-state index in [1.54, 1.807) is 23.2 Å². The van der Waals surface area contributed by atoms with E-state index in [-0.39, 0.29) is 18.8 Å². The number of aryl methyl sites for hydroxylation is 1. The number of amides is 1. The van der Waals surface area contributed by atoms with Gasteiger partial charge in [0.15, 0.2) is 11.5 Å². The van der Waals surface area contributed by atoms with Gasteiger partial charge in [-0.2, -0.15) is 10.1 Å². The lowest BCUT2D eigenvalue weighted by atomic mass is 10.1. The Kier molecular flexibility index (Phi) is 4.70. The van der Waals surface area contributed by atoms with Crippen molar-refractivity contribution in [2.24, 2.45) is 0 Å². The van der Waals surface area contributed by atoms with Crippen LogP contribution in [0.4, 0.5) is 0 Å². The highest BCUT2D eigenvalue weighted by atomic mass is 16.7. The highest BCUT2D eigenvalue weighted by Gasteiger charge is 2.27. The zero-order valence-electron chi connectivity index (χ0n) is 16.5. The van der Waals surface area contributed by atoms with Crippen LogP contribution in [0.15, 0.2) is 36.5 Å². The molecule has 154 valence electrons. The van der Waals surface area contributed by atoms with E-state index in [4.69, 9.17) is 14.2 Å². The summed E-state index contributed by atoms with van der Waals surface area (Å²) in [5, 5.41) is 7.17. The van der Waals surface area contributed by atoms with E-state index in [0.717, 1.165) is 18.4 Å². The summed E-state index contributed by atoms with van der Waals surface area (Å²) in [5.74, 6) is 2.49. The molecule has 0 bridgehead atoms. The number of carbonyl (C=O) groups is 1. The number of piperidine rings is 1. The summed E-state index contributed by atoms with van der Waals surface area (Å²) in [7, 11) is 0. The molecular formula is C21H21N5O4. The first-order valence-corrected chi connectivity index (χ1v) is 9.87. The normalized spacial score (nSPS) is 17.8. The minimum Gasteiger partial charge on any atom is -0.472 e. The number of H-pyrrole nitrogens is 1. The fraction of sp³-hybridized carbons (Fsp3) is 0.333. The molecule has 30 heavy (non-hydrogen) atoms. The maximum absolute atomic E-state index is 13.0. The molecule has 2 aromatic heterocycles. The topological polar surface area (TPSA) is 102 Å². The van der Waals surface area contributed by atoms with Gasteiger partial charge in [-0.3, -0.25) is 9.89 Å². The molecule has 0 aliphatic carbocycles. The van der Waals surface area contributed by atoms with Crippen LogP contribution in [0.5, 0.6) is 17.4 Å². The van der Waals surface area contributed by atoms with E-state index in [2.05, 4.69) is 20.2 Å². The minimum absolute atomic E-state index is 0.0957. The van der Waals surface area contributed by atoms with Crippen molar-refractivity contribution >= 4 is 5.91 Å². The molecule has 1 unspecified atom stereocenters. The van der Waals surface area contributed by atoms with E-state index in [0.29, 0.717) is 47.7 Å². The summed E-state index contributed by atoms with van der Waals surface area (Å²) in [6.07, 6.45) is 3.31. The summed E-state index contributed by atoms with van der Waals surface area (Å²) in [5.41, 5.74) is 1.98. The van der Waals surface area contributed by atoms with Crippen LogP contribution in [0.25, 0.3) is 11.3 Å². The number of hydrogen-bond acceptors (Lipinski definition) is 7. The molecular weight excluding hydrogens is 386 g/mol. The SMILES string of the molecule is Cc1nccc(OC2CCCN(C(=O)c3cc(-c4ccc5c(c4)OCO5)n[nH]3)C2)n1. The first-order valence-electron chi connectivity index (χ1n) is 9.87. The maximum atomic E-state index is 13.0. The molecule has 1 aromatic carbocycles. The largest absolute Gasteiger partial charge is 0.472 e. The molecule has 1 amide bonds. The highest BCUT2D eigenvalue weighted by molar-refractivity contribution is 5.93. The number of fused-ring (bicyclic) bond motifs is 1. The van der Waals surface area contributed by atoms with Crippen LogP contribution >= 0.6 is 0 Å². The summed E-state index contributed by atoms with van der Waals surface area (Å²) < 4.78 is 16.7. The fourth-order valence-corrected chi connectivity index (χ4v) is 3.70. The van der Waals surface area contributed by atoms with Gasteiger partial charge < -0.3 is 19.1 Å². The van der Waals surface area contributed by atoms with Gasteiger partial charge in [0.2, 0.25) is 12.7 Å². The third-order valence-electron chi connectivity index (χ3n) is 5.18. The first-order chi connectivity index (χ1) is 14.7. The predicted octanol–water partition coefficient (Wildman–Crippen LogP) is 2.59. The Morgan fingerprint density at radius 1 is 1.23 bits per heavy atom. The lowest BCUT2D eigenvalue weighted by molar-refractivity contribution is 0.0522. The molecule has 1 atom stereocenters. The number of carbonyl (C=O) groups excluding carboxylic acids is 1. The lowest BCUT2D eigenvalue weighted by Crippen LogP contribution is -2.44. The minimum atomic E-state index is -0.103. The molecule has 1 fully saturated rings. The predicted molar refractivity (Wildman–Crippen MR) is 106 cm³/mol. The zero-order valence-corrected chi connectivity index (χ0v) is 16.5. The Bertz CT molecular complexity index is 1080. The van der Waals surface area contributed by atoms with Crippen LogP contribution in [-0.4, -0.2) is 57.0 Å². The molecule has 4 heterocycles. The molecule has 5 rings (SSSR count). The van der Waals surface area contributed by atoms with Crippen molar-refractivity contribution in [3.05, 3.63) is 48.0 Å². The van der Waals surface area contributed by atoms with Crippen molar-refractivity contribution in [2.45, 2.75) is 25.9 Å². The van der Waals surface area contributed by atoms with Crippen LogP contribution < -0.4 is 14.2 Å². The summed E-state index contributed by atoms with van der Waals surface area (Å²) in [6.45, 7) is 3.22. The van der Waals surface area contributed by atoms with E-state index in [9.17, 15) is 4.79 Å². The van der Waals surface area contributed by atoms with E-state index >= 15 is 0 Å². The third-order valence-corrected chi connectivity index (χ3v) is 5.18. The standard InChI is InChI=1S/C21H21N5O4/c1-13-22-7-6-20(23-13)30-15-3-2-8-26(11-15)21(27)17-10-16(24-25-17)14-4-5-18-19(9-14)29-12-28-18/h4-7,9-10,15H,2-3,8,11-12H2,1H3,(H,24,25).